The maximum Gasteiger partial charge on any atom is 0.160 e. The highest BCUT2D eigenvalue weighted by atomic mass is 32.2. The highest BCUT2D eigenvalue weighted by Gasteiger charge is 2.22. The van der Waals surface area contributed by atoms with E-state index in [1.54, 1.807) is 0 Å². The van der Waals surface area contributed by atoms with Gasteiger partial charge in [-0.2, -0.15) is 0 Å². The Morgan fingerprint density at radius 1 is 1.14 bits per heavy atom. The largest absolute Gasteiger partial charge is 0.355 e. The molecule has 1 aromatic heterocycles. The van der Waals surface area contributed by atoms with Gasteiger partial charge in [0.2, 0.25) is 0 Å². The van der Waals surface area contributed by atoms with Gasteiger partial charge in [-0.1, -0.05) is 6.07 Å². The number of aromatic nitrogens is 1. The van der Waals surface area contributed by atoms with Crippen LogP contribution in [-0.2, 0) is 31.1 Å². The van der Waals surface area contributed by atoms with E-state index in [2.05, 4.69) is 20.9 Å². The SMILES string of the molecule is Cn1c2c(c3ccc(Nc4ccc(F)c(F)c4)cc31)CN(CCCS(=O)O)CC2. The van der Waals surface area contributed by atoms with Gasteiger partial charge < -0.3 is 14.4 Å². The second kappa shape index (κ2) is 8.22. The lowest BCUT2D eigenvalue weighted by Crippen LogP contribution is -2.32. The fraction of sp³-hybridized carbons (Fsp3) is 0.333. The fourth-order valence-electron chi connectivity index (χ4n) is 4.05. The first-order valence-electron chi connectivity index (χ1n) is 9.54. The maximum atomic E-state index is 13.5. The lowest BCUT2D eigenvalue weighted by Gasteiger charge is -2.27. The van der Waals surface area contributed by atoms with Crippen LogP contribution in [0.1, 0.15) is 17.7 Å². The van der Waals surface area contributed by atoms with Crippen molar-refractivity contribution in [1.29, 1.82) is 0 Å². The number of rotatable bonds is 6. The molecular weight excluding hydrogens is 396 g/mol. The van der Waals surface area contributed by atoms with Crippen LogP contribution in [0.15, 0.2) is 36.4 Å². The smallest absolute Gasteiger partial charge is 0.160 e. The Balaban J connectivity index is 1.57. The summed E-state index contributed by atoms with van der Waals surface area (Å²) in [4.78, 5) is 2.32. The van der Waals surface area contributed by atoms with Gasteiger partial charge in [0.05, 0.1) is 11.3 Å². The highest BCUT2D eigenvalue weighted by molar-refractivity contribution is 7.79. The molecule has 154 valence electrons. The van der Waals surface area contributed by atoms with Crippen molar-refractivity contribution in [3.63, 3.8) is 0 Å². The molecule has 2 N–H and O–H groups in total. The van der Waals surface area contributed by atoms with E-state index < -0.39 is 22.7 Å². The van der Waals surface area contributed by atoms with Crippen molar-refractivity contribution >= 4 is 33.4 Å². The van der Waals surface area contributed by atoms with Crippen LogP contribution >= 0.6 is 0 Å². The molecule has 8 heteroatoms. The average Bonchev–Trinajstić information content (AvgIpc) is 2.96. The number of fused-ring (bicyclic) bond motifs is 3. The molecule has 2 heterocycles. The molecule has 1 unspecified atom stereocenters. The third kappa shape index (κ3) is 4.19. The molecule has 0 bridgehead atoms. The second-order valence-corrected chi connectivity index (χ2v) is 8.43. The van der Waals surface area contributed by atoms with Crippen LogP contribution in [0.4, 0.5) is 20.2 Å². The molecule has 0 amide bonds. The van der Waals surface area contributed by atoms with E-state index in [-0.39, 0.29) is 0 Å². The standard InChI is InChI=1S/C21H23F2N3O2S/c1-25-20-7-9-26(8-2-10-29(27)28)13-17(20)16-5-3-15(12-21(16)25)24-14-4-6-18(22)19(23)11-14/h3-6,11-12,24H,2,7-10,13H2,1H3,(H,27,28). The van der Waals surface area contributed by atoms with Gasteiger partial charge in [0.1, 0.15) is 0 Å². The predicted octanol–water partition coefficient (Wildman–Crippen LogP) is 4.17. The summed E-state index contributed by atoms with van der Waals surface area (Å²) in [7, 11) is 2.05. The average molecular weight is 419 g/mol. The molecule has 0 saturated carbocycles. The summed E-state index contributed by atoms with van der Waals surface area (Å²) in [6.07, 6.45) is 1.63. The summed E-state index contributed by atoms with van der Waals surface area (Å²) in [5.74, 6) is -1.44. The molecule has 0 spiro atoms. The van der Waals surface area contributed by atoms with Gasteiger partial charge in [-0.15, -0.1) is 0 Å². The third-order valence-electron chi connectivity index (χ3n) is 5.49. The van der Waals surface area contributed by atoms with Crippen molar-refractivity contribution in [2.24, 2.45) is 7.05 Å². The van der Waals surface area contributed by atoms with Gasteiger partial charge in [0, 0.05) is 55.1 Å². The fourth-order valence-corrected chi connectivity index (χ4v) is 4.43. The molecule has 3 aromatic rings. The van der Waals surface area contributed by atoms with Gasteiger partial charge in [-0.3, -0.25) is 4.90 Å². The molecule has 0 radical (unpaired) electrons. The van der Waals surface area contributed by atoms with Crippen LogP contribution in [0.2, 0.25) is 0 Å². The summed E-state index contributed by atoms with van der Waals surface area (Å²) < 4.78 is 48.6. The van der Waals surface area contributed by atoms with Crippen molar-refractivity contribution in [3.05, 3.63) is 59.3 Å². The van der Waals surface area contributed by atoms with Crippen LogP contribution in [0.5, 0.6) is 0 Å². The summed E-state index contributed by atoms with van der Waals surface area (Å²) in [5, 5.41) is 4.31. The zero-order valence-corrected chi connectivity index (χ0v) is 16.9. The van der Waals surface area contributed by atoms with E-state index in [9.17, 15) is 13.0 Å². The first-order chi connectivity index (χ1) is 13.9. The zero-order valence-electron chi connectivity index (χ0n) is 16.1. The van der Waals surface area contributed by atoms with Crippen molar-refractivity contribution in [2.45, 2.75) is 19.4 Å². The minimum absolute atomic E-state index is 0.303. The number of anilines is 2. The molecule has 0 saturated heterocycles. The summed E-state index contributed by atoms with van der Waals surface area (Å²) in [6, 6.07) is 9.79. The minimum Gasteiger partial charge on any atom is -0.355 e. The summed E-state index contributed by atoms with van der Waals surface area (Å²) in [5.41, 5.74) is 4.98. The normalized spacial score (nSPS) is 15.4. The monoisotopic (exact) mass is 419 g/mol. The molecule has 1 aliphatic rings. The molecule has 29 heavy (non-hydrogen) atoms. The Bertz CT molecular complexity index is 1080. The van der Waals surface area contributed by atoms with Crippen LogP contribution in [0.25, 0.3) is 10.9 Å². The molecule has 0 fully saturated rings. The van der Waals surface area contributed by atoms with E-state index in [1.807, 2.05) is 19.2 Å². The third-order valence-corrected chi connectivity index (χ3v) is 6.12. The lowest BCUT2D eigenvalue weighted by molar-refractivity contribution is 0.253. The Hall–Kier alpha value is -2.29. The number of hydrogen-bond acceptors (Lipinski definition) is 3. The van der Waals surface area contributed by atoms with E-state index in [0.717, 1.165) is 49.4 Å². The van der Waals surface area contributed by atoms with Gasteiger partial charge in [-0.25, -0.2) is 13.0 Å². The number of halogens is 2. The number of nitrogens with zero attached hydrogens (tertiary/aromatic N) is 2. The van der Waals surface area contributed by atoms with Crippen molar-refractivity contribution in [2.75, 3.05) is 24.2 Å². The van der Waals surface area contributed by atoms with Crippen LogP contribution in [0, 0.1) is 11.6 Å². The Morgan fingerprint density at radius 2 is 1.90 bits per heavy atom. The number of nitrogens with one attached hydrogen (secondary N) is 1. The molecule has 5 nitrogen and oxygen atoms in total. The predicted molar refractivity (Wildman–Crippen MR) is 112 cm³/mol. The van der Waals surface area contributed by atoms with Gasteiger partial charge in [0.15, 0.2) is 22.7 Å². The molecule has 0 aliphatic carbocycles. The van der Waals surface area contributed by atoms with Crippen molar-refractivity contribution < 1.29 is 17.5 Å². The maximum absolute atomic E-state index is 13.5. The van der Waals surface area contributed by atoms with E-state index >= 15 is 0 Å². The number of aryl methyl sites for hydroxylation is 1. The van der Waals surface area contributed by atoms with Crippen molar-refractivity contribution in [1.82, 2.24) is 9.47 Å². The molecular formula is C21H23F2N3O2S. The van der Waals surface area contributed by atoms with Gasteiger partial charge >= 0.3 is 0 Å². The van der Waals surface area contributed by atoms with Crippen molar-refractivity contribution in [3.8, 4) is 0 Å². The van der Waals surface area contributed by atoms with E-state index in [1.165, 1.54) is 22.7 Å². The summed E-state index contributed by atoms with van der Waals surface area (Å²) in [6.45, 7) is 2.55. The Kier molecular flexibility index (Phi) is 5.67. The van der Waals surface area contributed by atoms with Crippen LogP contribution < -0.4 is 5.32 Å². The van der Waals surface area contributed by atoms with Gasteiger partial charge in [-0.05, 0) is 42.8 Å². The Morgan fingerprint density at radius 3 is 2.66 bits per heavy atom. The van der Waals surface area contributed by atoms with E-state index in [0.29, 0.717) is 17.9 Å². The number of hydrogen-bond donors (Lipinski definition) is 2. The molecule has 1 aliphatic heterocycles. The zero-order chi connectivity index (χ0) is 20.5. The first kappa shape index (κ1) is 20.0. The van der Waals surface area contributed by atoms with Gasteiger partial charge in [0.25, 0.3) is 0 Å². The minimum atomic E-state index is -1.74. The molecule has 4 rings (SSSR count). The summed E-state index contributed by atoms with van der Waals surface area (Å²) >= 11 is -1.74. The van der Waals surface area contributed by atoms with E-state index in [4.69, 9.17) is 4.55 Å². The Labute approximate surface area is 170 Å². The quantitative estimate of drug-likeness (QED) is 0.589. The van der Waals surface area contributed by atoms with Crippen LogP contribution in [0.3, 0.4) is 0 Å². The second-order valence-electron chi connectivity index (χ2n) is 7.38. The first-order valence-corrected chi connectivity index (χ1v) is 10.8. The lowest BCUT2D eigenvalue weighted by atomic mass is 10.0. The highest BCUT2D eigenvalue weighted by Crippen LogP contribution is 2.32. The topological polar surface area (TPSA) is 57.5 Å². The molecule has 1 atom stereocenters. The number of benzene rings is 2. The van der Waals surface area contributed by atoms with Crippen LogP contribution in [-0.4, -0.2) is 37.1 Å². The molecule has 2 aromatic carbocycles.